The summed E-state index contributed by atoms with van der Waals surface area (Å²) < 4.78 is 22.8. The maximum atomic E-state index is 12.9. The smallest absolute Gasteiger partial charge is 0.306 e. The predicted molar refractivity (Wildman–Crippen MR) is 361 cm³/mol. The molecule has 0 rings (SSSR count). The van der Waals surface area contributed by atoms with Crippen molar-refractivity contribution in [3.8, 4) is 0 Å². The van der Waals surface area contributed by atoms with E-state index >= 15 is 0 Å². The molecule has 0 saturated carbocycles. The van der Waals surface area contributed by atoms with Crippen molar-refractivity contribution in [1.82, 2.24) is 0 Å². The maximum absolute atomic E-state index is 12.9. The van der Waals surface area contributed by atoms with Gasteiger partial charge in [0, 0.05) is 12.8 Å². The van der Waals surface area contributed by atoms with Crippen LogP contribution in [0.5, 0.6) is 0 Å². The van der Waals surface area contributed by atoms with Gasteiger partial charge in [-0.3, -0.25) is 9.59 Å². The topological polar surface area (TPSA) is 111 Å². The van der Waals surface area contributed by atoms with Crippen molar-refractivity contribution >= 4 is 17.9 Å². The molecule has 2 atom stereocenters. The van der Waals surface area contributed by atoms with E-state index in [2.05, 4.69) is 135 Å². The molecule has 0 N–H and O–H groups in total. The summed E-state index contributed by atoms with van der Waals surface area (Å²) in [5, 5.41) is 11.8. The van der Waals surface area contributed by atoms with Gasteiger partial charge in [0.25, 0.3) is 0 Å². The fraction of sp³-hybridized carbons (Fsp3) is 0.697. The highest BCUT2D eigenvalue weighted by Gasteiger charge is 2.22. The van der Waals surface area contributed by atoms with Gasteiger partial charge in [-0.15, -0.1) is 0 Å². The molecule has 0 radical (unpaired) electrons. The lowest BCUT2D eigenvalue weighted by molar-refractivity contribution is -0.870. The first-order valence-corrected chi connectivity index (χ1v) is 34.7. The number of carboxylic acids is 1. The number of ether oxygens (including phenoxy) is 4. The van der Waals surface area contributed by atoms with Gasteiger partial charge in [-0.1, -0.05) is 289 Å². The van der Waals surface area contributed by atoms with Crippen molar-refractivity contribution < 1.29 is 42.9 Å². The molecule has 0 aliphatic heterocycles. The summed E-state index contributed by atoms with van der Waals surface area (Å²) in [7, 11) is 5.93. The highest BCUT2D eigenvalue weighted by Crippen LogP contribution is 2.17. The summed E-state index contributed by atoms with van der Waals surface area (Å²) in [5.41, 5.74) is 0. The molecule has 0 bridgehead atoms. The van der Waals surface area contributed by atoms with Crippen LogP contribution in [-0.4, -0.2) is 82.3 Å². The van der Waals surface area contributed by atoms with Gasteiger partial charge in [0.2, 0.25) is 0 Å². The summed E-state index contributed by atoms with van der Waals surface area (Å²) in [4.78, 5) is 37.5. The molecule has 0 fully saturated rings. The Kier molecular flexibility index (Phi) is 62.3. The SMILES string of the molecule is CC/C=C\C/C=C\C/C=C\C/C=C\C/C=C\C/C=C\CCCCCCCCCCCCCCCCCCCCC(=O)OC(COC(=O)CCCCCCCCCCCC/C=C\C/C=C\C/C=C\C/C=C\CC)COC(OCC[N+](C)(C)C)C(=O)[O-]. The fourth-order valence-corrected chi connectivity index (χ4v) is 9.47. The Bertz CT molecular complexity index is 1810. The molecular formula is C76H129NO8. The van der Waals surface area contributed by atoms with Crippen molar-refractivity contribution in [3.05, 3.63) is 122 Å². The van der Waals surface area contributed by atoms with E-state index in [4.69, 9.17) is 18.9 Å². The minimum Gasteiger partial charge on any atom is -0.545 e. The molecule has 0 aromatic heterocycles. The zero-order valence-corrected chi connectivity index (χ0v) is 55.4. The first-order valence-electron chi connectivity index (χ1n) is 34.7. The number of quaternary nitrogens is 1. The third kappa shape index (κ3) is 67.1. The summed E-state index contributed by atoms with van der Waals surface area (Å²) >= 11 is 0. The molecule has 9 nitrogen and oxygen atoms in total. The number of rotatable bonds is 63. The molecule has 85 heavy (non-hydrogen) atoms. The Morgan fingerprint density at radius 2 is 0.635 bits per heavy atom. The zero-order valence-electron chi connectivity index (χ0n) is 55.4. The number of aliphatic carboxylic acids is 1. The van der Waals surface area contributed by atoms with Crippen LogP contribution in [0.2, 0.25) is 0 Å². The number of likely N-dealkylation sites (N-methyl/N-ethyl adjacent to an activating group) is 1. The average Bonchev–Trinajstić information content (AvgIpc) is 3.48. The van der Waals surface area contributed by atoms with Gasteiger partial charge in [0.05, 0.1) is 40.3 Å². The van der Waals surface area contributed by atoms with E-state index in [1.165, 1.54) is 141 Å². The summed E-state index contributed by atoms with van der Waals surface area (Å²) in [6.45, 7) is 4.53. The second kappa shape index (κ2) is 65.7. The van der Waals surface area contributed by atoms with E-state index < -0.39 is 24.3 Å². The van der Waals surface area contributed by atoms with Crippen molar-refractivity contribution in [1.29, 1.82) is 0 Å². The monoisotopic (exact) mass is 1180 g/mol. The molecular weight excluding hydrogens is 1050 g/mol. The second-order valence-electron chi connectivity index (χ2n) is 24.1. The van der Waals surface area contributed by atoms with Gasteiger partial charge in [-0.25, -0.2) is 0 Å². The van der Waals surface area contributed by atoms with E-state index in [1.54, 1.807) is 0 Å². The van der Waals surface area contributed by atoms with E-state index in [1.807, 2.05) is 21.1 Å². The molecule has 0 amide bonds. The Hall–Kier alpha value is -4.31. The number of carbonyl (C=O) groups is 3. The standard InChI is InChI=1S/C76H129NO8/c1-6-8-10-12-14-16-18-20-22-24-26-28-30-31-32-33-34-35-36-37-38-39-40-41-42-43-45-47-49-51-53-55-57-59-61-63-65-67-74(79)85-72(71-84-76(75(80)81)82-69-68-77(3,4)5)70-83-73(78)66-64-62-60-58-56-54-52-50-48-46-44-29-27-25-23-21-19-17-15-13-11-9-7-2/h8-11,14-17,20-23,26-29,31-32,34-35,72,76H,6-7,12-13,18-19,24-25,30,33,36-71H2,1-5H3/b10-8-,11-9-,16-14-,17-15-,22-20-,23-21-,28-26-,29-27-,32-31-,35-34-. The van der Waals surface area contributed by atoms with Gasteiger partial charge in [0.15, 0.2) is 12.4 Å². The molecule has 0 aromatic carbocycles. The number of hydrogen-bond acceptors (Lipinski definition) is 8. The normalized spacial score (nSPS) is 13.5. The van der Waals surface area contributed by atoms with Crippen LogP contribution >= 0.6 is 0 Å². The van der Waals surface area contributed by atoms with Crippen molar-refractivity contribution in [3.63, 3.8) is 0 Å². The Morgan fingerprint density at radius 3 is 0.941 bits per heavy atom. The molecule has 0 aliphatic rings. The molecule has 0 spiro atoms. The first-order chi connectivity index (χ1) is 41.6. The molecule has 2 unspecified atom stereocenters. The number of hydrogen-bond donors (Lipinski definition) is 0. The van der Waals surface area contributed by atoms with Crippen molar-refractivity contribution in [2.24, 2.45) is 0 Å². The van der Waals surface area contributed by atoms with Crippen LogP contribution in [-0.2, 0) is 33.3 Å². The lowest BCUT2D eigenvalue weighted by Gasteiger charge is -2.26. The van der Waals surface area contributed by atoms with Gasteiger partial charge >= 0.3 is 11.9 Å². The van der Waals surface area contributed by atoms with E-state index in [9.17, 15) is 19.5 Å². The number of unbranched alkanes of at least 4 members (excludes halogenated alkanes) is 28. The second-order valence-corrected chi connectivity index (χ2v) is 24.1. The molecule has 0 saturated heterocycles. The molecule has 486 valence electrons. The minimum atomic E-state index is -1.63. The van der Waals surface area contributed by atoms with Crippen molar-refractivity contribution in [2.75, 3.05) is 47.5 Å². The number of nitrogens with zero attached hydrogens (tertiary/aromatic N) is 1. The van der Waals surface area contributed by atoms with Crippen molar-refractivity contribution in [2.45, 2.75) is 296 Å². The van der Waals surface area contributed by atoms with Gasteiger partial charge < -0.3 is 33.3 Å². The number of allylic oxidation sites excluding steroid dienone is 20. The lowest BCUT2D eigenvalue weighted by Crippen LogP contribution is -2.44. The van der Waals surface area contributed by atoms with Crippen LogP contribution < -0.4 is 5.11 Å². The van der Waals surface area contributed by atoms with Crippen LogP contribution in [0.4, 0.5) is 0 Å². The van der Waals surface area contributed by atoms with Gasteiger partial charge in [-0.2, -0.15) is 0 Å². The maximum Gasteiger partial charge on any atom is 0.306 e. The fourth-order valence-electron chi connectivity index (χ4n) is 9.47. The van der Waals surface area contributed by atoms with E-state index in [0.29, 0.717) is 17.4 Å². The highest BCUT2D eigenvalue weighted by molar-refractivity contribution is 5.70. The number of esters is 2. The van der Waals surface area contributed by atoms with E-state index in [-0.39, 0.29) is 38.6 Å². The summed E-state index contributed by atoms with van der Waals surface area (Å²) in [6, 6.07) is 0. The Labute approximate surface area is 523 Å². The summed E-state index contributed by atoms with van der Waals surface area (Å²) in [6.07, 6.45) is 89.9. The van der Waals surface area contributed by atoms with Gasteiger partial charge in [-0.05, 0) is 103 Å². The minimum absolute atomic E-state index is 0.143. The molecule has 0 heterocycles. The van der Waals surface area contributed by atoms with Crippen LogP contribution in [0.25, 0.3) is 0 Å². The van der Waals surface area contributed by atoms with Crippen LogP contribution in [0.3, 0.4) is 0 Å². The van der Waals surface area contributed by atoms with Crippen LogP contribution in [0.15, 0.2) is 122 Å². The molecule has 0 aromatic rings. The molecule has 9 heteroatoms. The highest BCUT2D eigenvalue weighted by atomic mass is 16.7. The lowest BCUT2D eigenvalue weighted by atomic mass is 10.0. The number of carbonyl (C=O) groups excluding carboxylic acids is 3. The first kappa shape index (κ1) is 80.7. The average molecular weight is 1180 g/mol. The Morgan fingerprint density at radius 1 is 0.353 bits per heavy atom. The quantitative estimate of drug-likeness (QED) is 0.0195. The summed E-state index contributed by atoms with van der Waals surface area (Å²) in [5.74, 6) is -2.28. The Balaban J connectivity index is 4.09. The third-order valence-electron chi connectivity index (χ3n) is 14.7. The molecule has 0 aliphatic carbocycles. The van der Waals surface area contributed by atoms with E-state index in [0.717, 1.165) is 109 Å². The largest absolute Gasteiger partial charge is 0.545 e. The van der Waals surface area contributed by atoms with Gasteiger partial charge in [0.1, 0.15) is 13.2 Å². The van der Waals surface area contributed by atoms with Crippen LogP contribution in [0.1, 0.15) is 284 Å². The zero-order chi connectivity index (χ0) is 61.9. The third-order valence-corrected chi connectivity index (χ3v) is 14.7. The predicted octanol–water partition coefficient (Wildman–Crippen LogP) is 20.2. The van der Waals surface area contributed by atoms with Crippen LogP contribution in [0, 0.1) is 0 Å². The number of carboxylic acid groups (broad SMARTS) is 1.